The summed E-state index contributed by atoms with van der Waals surface area (Å²) in [7, 11) is 0. The second-order valence-electron chi connectivity index (χ2n) is 5.27. The van der Waals surface area contributed by atoms with Crippen molar-refractivity contribution in [3.05, 3.63) is 69.8 Å². The van der Waals surface area contributed by atoms with Crippen molar-refractivity contribution in [1.82, 2.24) is 0 Å². The Morgan fingerprint density at radius 2 is 1.45 bits per heavy atom. The molecule has 20 heavy (non-hydrogen) atoms. The summed E-state index contributed by atoms with van der Waals surface area (Å²) >= 11 is 6.39. The van der Waals surface area contributed by atoms with Gasteiger partial charge < -0.3 is 0 Å². The number of carbonyl (C=O) groups is 1. The number of hydrogen-bond acceptors (Lipinski definition) is 1. The van der Waals surface area contributed by atoms with Crippen LogP contribution in [0.25, 0.3) is 0 Å². The predicted molar refractivity (Wildman–Crippen MR) is 84.8 cm³/mol. The average Bonchev–Trinajstić information content (AvgIpc) is 2.45. The molecular weight excluding hydrogens is 268 g/mol. The molecule has 0 amide bonds. The maximum absolute atomic E-state index is 12.8. The van der Waals surface area contributed by atoms with E-state index in [1.165, 1.54) is 0 Å². The minimum absolute atomic E-state index is 0.0142. The normalized spacial score (nSPS) is 12.2. The van der Waals surface area contributed by atoms with Crippen molar-refractivity contribution >= 4 is 17.4 Å². The molecule has 2 aromatic carbocycles. The summed E-state index contributed by atoms with van der Waals surface area (Å²) in [6.45, 7) is 8.04. The zero-order valence-corrected chi connectivity index (χ0v) is 13.1. The van der Waals surface area contributed by atoms with E-state index >= 15 is 0 Å². The van der Waals surface area contributed by atoms with Crippen LogP contribution in [0.3, 0.4) is 0 Å². The Labute approximate surface area is 125 Å². The van der Waals surface area contributed by atoms with Gasteiger partial charge in [-0.25, -0.2) is 0 Å². The molecule has 1 unspecified atom stereocenters. The van der Waals surface area contributed by atoms with E-state index in [2.05, 4.69) is 6.07 Å². The molecule has 0 aliphatic rings. The van der Waals surface area contributed by atoms with Gasteiger partial charge in [-0.15, -0.1) is 11.6 Å². The van der Waals surface area contributed by atoms with Crippen LogP contribution >= 0.6 is 11.6 Å². The highest BCUT2D eigenvalue weighted by Gasteiger charge is 2.23. The number of hydrogen-bond donors (Lipinski definition) is 0. The Kier molecular flexibility index (Phi) is 4.29. The number of Topliss-reactive ketones (excluding diaryl/α,β-unsaturated/α-hetero) is 1. The average molecular weight is 287 g/mol. The molecule has 0 spiro atoms. The molecule has 104 valence electrons. The molecule has 0 aliphatic heterocycles. The minimum atomic E-state index is -0.630. The quantitative estimate of drug-likeness (QED) is 0.568. The topological polar surface area (TPSA) is 17.1 Å². The van der Waals surface area contributed by atoms with Crippen LogP contribution < -0.4 is 0 Å². The van der Waals surface area contributed by atoms with Gasteiger partial charge in [0.05, 0.1) is 0 Å². The highest BCUT2D eigenvalue weighted by atomic mass is 35.5. The Balaban J connectivity index is 2.49. The lowest BCUT2D eigenvalue weighted by molar-refractivity contribution is 0.0985. The third-order valence-corrected chi connectivity index (χ3v) is 4.39. The molecule has 0 saturated carbocycles. The molecule has 0 bridgehead atoms. The van der Waals surface area contributed by atoms with Crippen LogP contribution in [0.1, 0.15) is 43.6 Å². The molecule has 1 atom stereocenters. The van der Waals surface area contributed by atoms with Crippen molar-refractivity contribution in [3.8, 4) is 0 Å². The molecule has 0 saturated heterocycles. The highest BCUT2D eigenvalue weighted by molar-refractivity contribution is 6.34. The van der Waals surface area contributed by atoms with Crippen LogP contribution in [0.2, 0.25) is 0 Å². The first-order valence-corrected chi connectivity index (χ1v) is 7.17. The standard InChI is InChI=1S/C18H19ClO/c1-11-10-12(2)14(4)16(13(11)3)18(20)17(19)15-8-6-5-7-9-15/h5-10,17H,1-4H3. The Morgan fingerprint density at radius 3 is 1.95 bits per heavy atom. The van der Waals surface area contributed by atoms with Gasteiger partial charge in [-0.05, 0) is 55.5 Å². The van der Waals surface area contributed by atoms with Crippen molar-refractivity contribution in [2.45, 2.75) is 33.1 Å². The van der Waals surface area contributed by atoms with E-state index in [1.807, 2.05) is 58.0 Å². The van der Waals surface area contributed by atoms with Crippen LogP contribution in [0.15, 0.2) is 36.4 Å². The highest BCUT2D eigenvalue weighted by Crippen LogP contribution is 2.30. The maximum atomic E-state index is 12.8. The molecule has 2 aromatic rings. The van der Waals surface area contributed by atoms with Gasteiger partial charge >= 0.3 is 0 Å². The number of rotatable bonds is 3. The fourth-order valence-corrected chi connectivity index (χ4v) is 2.74. The zero-order valence-electron chi connectivity index (χ0n) is 12.3. The molecule has 1 nitrogen and oxygen atoms in total. The summed E-state index contributed by atoms with van der Waals surface area (Å²) in [4.78, 5) is 12.8. The first-order chi connectivity index (χ1) is 9.43. The molecule has 2 heteroatoms. The summed E-state index contributed by atoms with van der Waals surface area (Å²) in [6.07, 6.45) is 0. The van der Waals surface area contributed by atoms with E-state index in [0.29, 0.717) is 0 Å². The third-order valence-electron chi connectivity index (χ3n) is 3.93. The number of benzene rings is 2. The largest absolute Gasteiger partial charge is 0.292 e. The number of alkyl halides is 1. The second-order valence-corrected chi connectivity index (χ2v) is 5.71. The summed E-state index contributed by atoms with van der Waals surface area (Å²) < 4.78 is 0. The van der Waals surface area contributed by atoms with E-state index in [9.17, 15) is 4.79 Å². The molecule has 0 radical (unpaired) electrons. The number of ketones is 1. The summed E-state index contributed by atoms with van der Waals surface area (Å²) in [5.74, 6) is -0.0142. The molecule has 0 aliphatic carbocycles. The van der Waals surface area contributed by atoms with Crippen LogP contribution in [0, 0.1) is 27.7 Å². The van der Waals surface area contributed by atoms with Crippen LogP contribution in [-0.2, 0) is 0 Å². The summed E-state index contributed by atoms with van der Waals surface area (Å²) in [5.41, 5.74) is 5.93. The van der Waals surface area contributed by atoms with Crippen molar-refractivity contribution in [3.63, 3.8) is 0 Å². The molecule has 0 aromatic heterocycles. The lowest BCUT2D eigenvalue weighted by Gasteiger charge is -2.17. The second kappa shape index (κ2) is 5.80. The third kappa shape index (κ3) is 2.64. The van der Waals surface area contributed by atoms with Crippen LogP contribution in [-0.4, -0.2) is 5.78 Å². The van der Waals surface area contributed by atoms with Crippen molar-refractivity contribution in [1.29, 1.82) is 0 Å². The van der Waals surface area contributed by atoms with Gasteiger partial charge in [0, 0.05) is 5.56 Å². The smallest absolute Gasteiger partial charge is 0.185 e. The van der Waals surface area contributed by atoms with Gasteiger partial charge in [0.2, 0.25) is 0 Å². The Bertz CT molecular complexity index is 618. The number of aryl methyl sites for hydroxylation is 2. The van der Waals surface area contributed by atoms with Gasteiger partial charge in [0.25, 0.3) is 0 Å². The zero-order chi connectivity index (χ0) is 14.9. The van der Waals surface area contributed by atoms with E-state index in [0.717, 1.165) is 33.4 Å². The lowest BCUT2D eigenvalue weighted by Crippen LogP contribution is -2.13. The van der Waals surface area contributed by atoms with Crippen molar-refractivity contribution in [2.24, 2.45) is 0 Å². The van der Waals surface area contributed by atoms with E-state index in [-0.39, 0.29) is 5.78 Å². The fourth-order valence-electron chi connectivity index (χ4n) is 2.49. The maximum Gasteiger partial charge on any atom is 0.185 e. The fraction of sp³-hybridized carbons (Fsp3) is 0.278. The predicted octanol–water partition coefficient (Wildman–Crippen LogP) is 5.08. The first-order valence-electron chi connectivity index (χ1n) is 6.74. The van der Waals surface area contributed by atoms with Gasteiger partial charge in [-0.1, -0.05) is 36.4 Å². The van der Waals surface area contributed by atoms with Crippen molar-refractivity contribution < 1.29 is 4.79 Å². The first kappa shape index (κ1) is 14.8. The molecule has 0 N–H and O–H groups in total. The van der Waals surface area contributed by atoms with Gasteiger partial charge in [0.15, 0.2) is 5.78 Å². The Hall–Kier alpha value is -1.60. The monoisotopic (exact) mass is 286 g/mol. The van der Waals surface area contributed by atoms with Crippen molar-refractivity contribution in [2.75, 3.05) is 0 Å². The molecular formula is C18H19ClO. The van der Waals surface area contributed by atoms with E-state index in [1.54, 1.807) is 0 Å². The molecule has 0 fully saturated rings. The van der Waals surface area contributed by atoms with Gasteiger partial charge in [-0.3, -0.25) is 4.79 Å². The SMILES string of the molecule is Cc1cc(C)c(C)c(C(=O)C(Cl)c2ccccc2)c1C. The Morgan fingerprint density at radius 1 is 0.950 bits per heavy atom. The van der Waals surface area contributed by atoms with Crippen LogP contribution in [0.5, 0.6) is 0 Å². The van der Waals surface area contributed by atoms with Gasteiger partial charge in [-0.2, -0.15) is 0 Å². The molecule has 0 heterocycles. The summed E-state index contributed by atoms with van der Waals surface area (Å²) in [6, 6.07) is 11.6. The minimum Gasteiger partial charge on any atom is -0.292 e. The number of carbonyl (C=O) groups excluding carboxylic acids is 1. The van der Waals surface area contributed by atoms with Gasteiger partial charge in [0.1, 0.15) is 5.38 Å². The lowest BCUT2D eigenvalue weighted by atomic mass is 9.89. The van der Waals surface area contributed by atoms with E-state index in [4.69, 9.17) is 11.6 Å². The van der Waals surface area contributed by atoms with Crippen LogP contribution in [0.4, 0.5) is 0 Å². The molecule has 2 rings (SSSR count). The number of halogens is 1. The van der Waals surface area contributed by atoms with E-state index < -0.39 is 5.38 Å². The summed E-state index contributed by atoms with van der Waals surface area (Å²) in [5, 5.41) is -0.630.